The zero-order valence-corrected chi connectivity index (χ0v) is 18.0. The van der Waals surface area contributed by atoms with Gasteiger partial charge in [-0.25, -0.2) is 4.79 Å². The van der Waals surface area contributed by atoms with Crippen LogP contribution in [0, 0.1) is 17.2 Å². The first-order valence-electron chi connectivity index (χ1n) is 10.7. The first-order valence-corrected chi connectivity index (χ1v) is 10.7. The zero-order valence-electron chi connectivity index (χ0n) is 18.0. The maximum absolute atomic E-state index is 13.4. The summed E-state index contributed by atoms with van der Waals surface area (Å²) in [7, 11) is 1.61. The van der Waals surface area contributed by atoms with Crippen molar-refractivity contribution in [3.63, 3.8) is 0 Å². The van der Waals surface area contributed by atoms with E-state index in [1.165, 1.54) is 4.57 Å². The minimum Gasteiger partial charge on any atom is -0.477 e. The number of carboxylic acid groups (broad SMARTS) is 1. The summed E-state index contributed by atoms with van der Waals surface area (Å²) in [6.45, 7) is -0.110. The molecule has 32 heavy (non-hydrogen) atoms. The fourth-order valence-electron chi connectivity index (χ4n) is 5.08. The number of amides is 2. The lowest BCUT2D eigenvalue weighted by atomic mass is 9.60. The molecule has 0 aliphatic heterocycles. The molecule has 3 rings (SSSR count). The minimum atomic E-state index is -1.52. The molecule has 0 radical (unpaired) electrons. The summed E-state index contributed by atoms with van der Waals surface area (Å²) < 4.78 is 1.51. The van der Waals surface area contributed by atoms with Crippen molar-refractivity contribution < 1.29 is 24.6 Å². The molecule has 9 heteroatoms. The van der Waals surface area contributed by atoms with Gasteiger partial charge in [-0.2, -0.15) is 5.26 Å². The second kappa shape index (κ2) is 9.40. The highest BCUT2D eigenvalue weighted by Crippen LogP contribution is 2.48. The number of rotatable bonds is 8. The second-order valence-electron chi connectivity index (χ2n) is 8.30. The molecule has 3 atom stereocenters. The molecule has 0 bridgehead atoms. The van der Waals surface area contributed by atoms with Crippen molar-refractivity contribution in [2.45, 2.75) is 50.0 Å². The lowest BCUT2D eigenvalue weighted by Crippen LogP contribution is -2.55. The van der Waals surface area contributed by atoms with Crippen LogP contribution in [0.3, 0.4) is 0 Å². The number of nitrogens with two attached hydrogens (primary N) is 1. The summed E-state index contributed by atoms with van der Waals surface area (Å²) >= 11 is 0. The standard InChI is InChI=1S/C23H28N4O5/c1-27-17-10-3-2-8-15(17)18(19(27)21(30)31)23(22(25)32)11-5-4-9-16(23)20(29)26-14(13-24)7-6-12-28/h2-3,8,10,14,16,28H,4-7,9,11-12H2,1H3,(H2,25,32)(H,26,29)(H,30,31)/t14?,16-,23-/m0/s1. The monoisotopic (exact) mass is 440 g/mol. The van der Waals surface area contributed by atoms with Crippen LogP contribution in [0.25, 0.3) is 10.9 Å². The molecule has 1 saturated carbocycles. The number of nitriles is 1. The lowest BCUT2D eigenvalue weighted by molar-refractivity contribution is -0.137. The van der Waals surface area contributed by atoms with E-state index in [1.54, 1.807) is 31.3 Å². The van der Waals surface area contributed by atoms with Gasteiger partial charge in [-0.3, -0.25) is 9.59 Å². The molecule has 1 aromatic heterocycles. The smallest absolute Gasteiger partial charge is 0.352 e. The van der Waals surface area contributed by atoms with E-state index in [-0.39, 0.29) is 30.7 Å². The van der Waals surface area contributed by atoms with Gasteiger partial charge in [-0.15, -0.1) is 0 Å². The van der Waals surface area contributed by atoms with Crippen molar-refractivity contribution in [1.82, 2.24) is 9.88 Å². The number of nitrogens with zero attached hydrogens (tertiary/aromatic N) is 2. The van der Waals surface area contributed by atoms with Crippen LogP contribution >= 0.6 is 0 Å². The number of aryl methyl sites for hydroxylation is 1. The zero-order chi connectivity index (χ0) is 23.5. The van der Waals surface area contributed by atoms with Gasteiger partial charge in [-0.1, -0.05) is 31.0 Å². The number of fused-ring (bicyclic) bond motifs is 1. The summed E-state index contributed by atoms with van der Waals surface area (Å²) in [5.74, 6) is -3.37. The molecule has 0 spiro atoms. The van der Waals surface area contributed by atoms with Gasteiger partial charge in [0.2, 0.25) is 11.8 Å². The number of carboxylic acids is 1. The van der Waals surface area contributed by atoms with E-state index in [0.717, 1.165) is 0 Å². The van der Waals surface area contributed by atoms with Gasteiger partial charge in [0, 0.05) is 30.1 Å². The number of carbonyl (C=O) groups is 3. The van der Waals surface area contributed by atoms with Gasteiger partial charge in [0.15, 0.2) is 0 Å². The number of benzene rings is 1. The van der Waals surface area contributed by atoms with Gasteiger partial charge < -0.3 is 25.8 Å². The summed E-state index contributed by atoms with van der Waals surface area (Å²) in [4.78, 5) is 38.7. The third-order valence-electron chi connectivity index (χ3n) is 6.54. The van der Waals surface area contributed by atoms with E-state index in [4.69, 9.17) is 10.8 Å². The molecule has 1 aliphatic rings. The molecule has 170 valence electrons. The van der Waals surface area contributed by atoms with E-state index >= 15 is 0 Å². The van der Waals surface area contributed by atoms with Gasteiger partial charge in [0.05, 0.1) is 17.4 Å². The average molecular weight is 441 g/mol. The van der Waals surface area contributed by atoms with Crippen LogP contribution < -0.4 is 11.1 Å². The molecule has 2 amide bonds. The van der Waals surface area contributed by atoms with Crippen LogP contribution in [0.4, 0.5) is 0 Å². The summed E-state index contributed by atoms with van der Waals surface area (Å²) in [5.41, 5.74) is 5.26. The second-order valence-corrected chi connectivity index (χ2v) is 8.30. The Hall–Kier alpha value is -3.38. The fraction of sp³-hybridized carbons (Fsp3) is 0.478. The van der Waals surface area contributed by atoms with Crippen molar-refractivity contribution in [1.29, 1.82) is 5.26 Å². The summed E-state index contributed by atoms with van der Waals surface area (Å²) in [6.07, 6.45) is 2.48. The highest BCUT2D eigenvalue weighted by Gasteiger charge is 2.54. The molecule has 1 fully saturated rings. The minimum absolute atomic E-state index is 0.0678. The van der Waals surface area contributed by atoms with Crippen molar-refractivity contribution in [2.24, 2.45) is 18.7 Å². The van der Waals surface area contributed by atoms with E-state index in [1.807, 2.05) is 6.07 Å². The lowest BCUT2D eigenvalue weighted by Gasteiger charge is -2.41. The van der Waals surface area contributed by atoms with Crippen LogP contribution in [0.2, 0.25) is 0 Å². The van der Waals surface area contributed by atoms with Crippen LogP contribution in [0.5, 0.6) is 0 Å². The molecule has 1 aliphatic carbocycles. The number of aliphatic hydroxyl groups excluding tert-OH is 1. The third-order valence-corrected chi connectivity index (χ3v) is 6.54. The van der Waals surface area contributed by atoms with E-state index in [9.17, 15) is 24.8 Å². The number of hydrogen-bond acceptors (Lipinski definition) is 5. The Kier molecular flexibility index (Phi) is 6.84. The predicted octanol–water partition coefficient (Wildman–Crippen LogP) is 1.57. The van der Waals surface area contributed by atoms with Crippen molar-refractivity contribution in [3.05, 3.63) is 35.5 Å². The van der Waals surface area contributed by atoms with Crippen LogP contribution in [-0.4, -0.2) is 45.2 Å². The van der Waals surface area contributed by atoms with E-state index < -0.39 is 35.2 Å². The molecule has 1 aromatic carbocycles. The van der Waals surface area contributed by atoms with Crippen LogP contribution in [0.1, 0.15) is 54.6 Å². The Balaban J connectivity index is 2.19. The predicted molar refractivity (Wildman–Crippen MR) is 117 cm³/mol. The van der Waals surface area contributed by atoms with Gasteiger partial charge in [0.1, 0.15) is 11.7 Å². The topological polar surface area (TPSA) is 158 Å². The Morgan fingerprint density at radius 1 is 1.34 bits per heavy atom. The van der Waals surface area contributed by atoms with Gasteiger partial charge in [0.25, 0.3) is 0 Å². The van der Waals surface area contributed by atoms with Crippen LogP contribution in [0.15, 0.2) is 24.3 Å². The SMILES string of the molecule is Cn1c(C(=O)O)c([C@]2(C(N)=O)CCCC[C@H]2C(=O)NC(C#N)CCCO)c2ccccc21. The number of nitrogens with one attached hydrogen (secondary N) is 1. The Morgan fingerprint density at radius 2 is 2.06 bits per heavy atom. The number of carbonyl (C=O) groups excluding carboxylic acids is 2. The molecule has 1 unspecified atom stereocenters. The molecule has 1 heterocycles. The van der Waals surface area contributed by atoms with Crippen molar-refractivity contribution >= 4 is 28.7 Å². The highest BCUT2D eigenvalue weighted by atomic mass is 16.4. The molecular formula is C23H28N4O5. The first-order chi connectivity index (χ1) is 15.3. The number of primary amides is 1. The molecule has 2 aromatic rings. The average Bonchev–Trinajstić information content (AvgIpc) is 3.09. The molecular weight excluding hydrogens is 412 g/mol. The molecule has 5 N–H and O–H groups in total. The van der Waals surface area contributed by atoms with Gasteiger partial charge in [-0.05, 0) is 31.7 Å². The molecule has 9 nitrogen and oxygen atoms in total. The molecule has 0 saturated heterocycles. The summed E-state index contributed by atoms with van der Waals surface area (Å²) in [5, 5.41) is 31.7. The van der Waals surface area contributed by atoms with Gasteiger partial charge >= 0.3 is 5.97 Å². The normalized spacial score (nSPS) is 21.6. The number of para-hydroxylation sites is 1. The van der Waals surface area contributed by atoms with Crippen molar-refractivity contribution in [3.8, 4) is 6.07 Å². The number of hydrogen-bond donors (Lipinski definition) is 4. The number of aliphatic hydroxyl groups is 1. The maximum atomic E-state index is 13.4. The first kappa shape index (κ1) is 23.3. The van der Waals surface area contributed by atoms with Crippen molar-refractivity contribution in [2.75, 3.05) is 6.61 Å². The Labute approximate surface area is 185 Å². The van der Waals surface area contributed by atoms with E-state index in [2.05, 4.69) is 5.32 Å². The number of aromatic nitrogens is 1. The van der Waals surface area contributed by atoms with Crippen LogP contribution in [-0.2, 0) is 22.1 Å². The highest BCUT2D eigenvalue weighted by molar-refractivity contribution is 6.06. The van der Waals surface area contributed by atoms with E-state index in [0.29, 0.717) is 36.6 Å². The largest absolute Gasteiger partial charge is 0.477 e. The maximum Gasteiger partial charge on any atom is 0.352 e. The number of aromatic carboxylic acids is 1. The third kappa shape index (κ3) is 3.82. The summed E-state index contributed by atoms with van der Waals surface area (Å²) in [6, 6.07) is 8.22. The Morgan fingerprint density at radius 3 is 2.69 bits per heavy atom. The quantitative estimate of drug-likeness (QED) is 0.488. The Bertz CT molecular complexity index is 1090. The fourth-order valence-corrected chi connectivity index (χ4v) is 5.08.